The third-order valence-electron chi connectivity index (χ3n) is 5.96. The van der Waals surface area contributed by atoms with Crippen molar-refractivity contribution < 1.29 is 9.18 Å². The van der Waals surface area contributed by atoms with Gasteiger partial charge in [0.15, 0.2) is 0 Å². The monoisotopic (exact) mass is 442 g/mol. The Morgan fingerprint density at radius 3 is 2.94 bits per heavy atom. The predicted molar refractivity (Wildman–Crippen MR) is 119 cm³/mol. The molecule has 2 atom stereocenters. The Kier molecular flexibility index (Phi) is 5.40. The molecule has 162 valence electrons. The quantitative estimate of drug-likeness (QED) is 0.541. The van der Waals surface area contributed by atoms with Crippen molar-refractivity contribution in [2.45, 2.75) is 37.8 Å². The molecule has 5 rings (SSSR count). The summed E-state index contributed by atoms with van der Waals surface area (Å²) in [4.78, 5) is 27.2. The number of rotatable bonds is 6. The number of hydrogen-bond donors (Lipinski definition) is 3. The average Bonchev–Trinajstić information content (AvgIpc) is 3.46. The number of anilines is 2. The number of H-pyrrole nitrogens is 1. The lowest BCUT2D eigenvalue weighted by molar-refractivity contribution is -0.123. The summed E-state index contributed by atoms with van der Waals surface area (Å²) in [5.74, 6) is 0.664. The van der Waals surface area contributed by atoms with E-state index in [0.717, 1.165) is 49.1 Å². The van der Waals surface area contributed by atoms with Crippen LogP contribution in [-0.2, 0) is 4.79 Å². The van der Waals surface area contributed by atoms with Crippen molar-refractivity contribution in [1.82, 2.24) is 20.3 Å². The fraction of sp³-hybridized carbons (Fsp3) is 0.409. The smallest absolute Gasteiger partial charge is 0.243 e. The number of amides is 1. The highest BCUT2D eigenvalue weighted by molar-refractivity contribution is 6.30. The zero-order valence-electron chi connectivity index (χ0n) is 16.9. The highest BCUT2D eigenvalue weighted by Gasteiger charge is 2.37. The van der Waals surface area contributed by atoms with Crippen LogP contribution in [0.2, 0.25) is 5.02 Å². The van der Waals surface area contributed by atoms with Gasteiger partial charge in [0.25, 0.3) is 0 Å². The van der Waals surface area contributed by atoms with Crippen molar-refractivity contribution in [1.29, 1.82) is 0 Å². The molecular weight excluding hydrogens is 419 g/mol. The molecule has 2 unspecified atom stereocenters. The van der Waals surface area contributed by atoms with E-state index >= 15 is 0 Å². The van der Waals surface area contributed by atoms with Crippen LogP contribution in [0.3, 0.4) is 0 Å². The van der Waals surface area contributed by atoms with Crippen molar-refractivity contribution in [2.24, 2.45) is 5.92 Å². The molecule has 2 aliphatic rings. The maximum atomic E-state index is 13.7. The summed E-state index contributed by atoms with van der Waals surface area (Å²) in [5, 5.41) is 7.70. The number of hydrogen-bond acceptors (Lipinski definition) is 5. The number of benzene rings is 1. The van der Waals surface area contributed by atoms with Crippen LogP contribution in [0, 0.1) is 11.7 Å². The molecule has 1 saturated carbocycles. The molecule has 31 heavy (non-hydrogen) atoms. The molecule has 3 N–H and O–H groups in total. The maximum Gasteiger partial charge on any atom is 0.243 e. The number of nitrogens with zero attached hydrogens (tertiary/aromatic N) is 3. The van der Waals surface area contributed by atoms with E-state index in [9.17, 15) is 9.18 Å². The zero-order chi connectivity index (χ0) is 21.4. The molecule has 2 aromatic heterocycles. The predicted octanol–water partition coefficient (Wildman–Crippen LogP) is 3.73. The molecule has 0 bridgehead atoms. The molecule has 0 spiro atoms. The number of piperidine rings is 1. The SMILES string of the molecule is O=C(NC1CCCN(c2ncnc3[nH]ccc23)C1)C(Nc1cc(F)cc(Cl)c1)C1CC1. The van der Waals surface area contributed by atoms with Gasteiger partial charge < -0.3 is 20.5 Å². The number of halogens is 2. The Morgan fingerprint density at radius 2 is 2.13 bits per heavy atom. The Balaban J connectivity index is 1.28. The van der Waals surface area contributed by atoms with E-state index in [1.165, 1.54) is 12.1 Å². The van der Waals surface area contributed by atoms with Gasteiger partial charge in [-0.25, -0.2) is 14.4 Å². The summed E-state index contributed by atoms with van der Waals surface area (Å²) in [5.41, 5.74) is 1.33. The molecule has 1 aliphatic heterocycles. The van der Waals surface area contributed by atoms with Gasteiger partial charge in [0.1, 0.15) is 29.7 Å². The summed E-state index contributed by atoms with van der Waals surface area (Å²) in [6.07, 6.45) is 7.26. The molecule has 1 amide bonds. The van der Waals surface area contributed by atoms with Crippen LogP contribution in [0.5, 0.6) is 0 Å². The fourth-order valence-corrected chi connectivity index (χ4v) is 4.55. The van der Waals surface area contributed by atoms with Gasteiger partial charge in [0.05, 0.1) is 5.39 Å². The first-order valence-corrected chi connectivity index (χ1v) is 11.0. The van der Waals surface area contributed by atoms with Gasteiger partial charge in [-0.1, -0.05) is 11.6 Å². The van der Waals surface area contributed by atoms with E-state index in [1.54, 1.807) is 12.4 Å². The van der Waals surface area contributed by atoms with Crippen LogP contribution >= 0.6 is 11.6 Å². The lowest BCUT2D eigenvalue weighted by Crippen LogP contribution is -2.52. The number of nitrogens with one attached hydrogen (secondary N) is 3. The minimum atomic E-state index is -0.422. The van der Waals surface area contributed by atoms with Gasteiger partial charge in [0.2, 0.25) is 5.91 Å². The number of aromatic amines is 1. The Bertz CT molecular complexity index is 1080. The molecule has 9 heteroatoms. The minimum absolute atomic E-state index is 0.0179. The Labute approximate surface area is 184 Å². The lowest BCUT2D eigenvalue weighted by atomic mass is 10.0. The third kappa shape index (κ3) is 4.44. The van der Waals surface area contributed by atoms with E-state index < -0.39 is 11.9 Å². The van der Waals surface area contributed by atoms with E-state index in [1.807, 2.05) is 12.3 Å². The lowest BCUT2D eigenvalue weighted by Gasteiger charge is -2.35. The molecule has 7 nitrogen and oxygen atoms in total. The first-order chi connectivity index (χ1) is 15.1. The topological polar surface area (TPSA) is 85.9 Å². The summed E-state index contributed by atoms with van der Waals surface area (Å²) in [6, 6.07) is 5.86. The minimum Gasteiger partial charge on any atom is -0.373 e. The van der Waals surface area contributed by atoms with Crippen LogP contribution in [0.1, 0.15) is 25.7 Å². The van der Waals surface area contributed by atoms with E-state index in [0.29, 0.717) is 17.3 Å². The van der Waals surface area contributed by atoms with Crippen LogP contribution in [0.25, 0.3) is 11.0 Å². The number of carbonyl (C=O) groups excluding carboxylic acids is 1. The normalized spacial score (nSPS) is 19.9. The summed E-state index contributed by atoms with van der Waals surface area (Å²) in [6.45, 7) is 1.57. The van der Waals surface area contributed by atoms with Gasteiger partial charge in [-0.15, -0.1) is 0 Å². The third-order valence-corrected chi connectivity index (χ3v) is 6.18. The summed E-state index contributed by atoms with van der Waals surface area (Å²) >= 11 is 5.97. The van der Waals surface area contributed by atoms with Crippen molar-refractivity contribution in [2.75, 3.05) is 23.3 Å². The standard InChI is InChI=1S/C22H24ClFN6O/c23-14-8-15(24)10-17(9-14)28-19(13-3-4-13)22(31)29-16-2-1-7-30(11-16)21-18-5-6-25-20(18)26-12-27-21/h5-6,8-10,12-13,16,19,28H,1-4,7,11H2,(H,29,31)(H,25,26,27). The molecule has 2 fully saturated rings. The molecule has 3 aromatic rings. The Hall–Kier alpha value is -2.87. The molecule has 1 saturated heterocycles. The molecular formula is C22H24ClFN6O. The number of aromatic nitrogens is 3. The molecule has 3 heterocycles. The van der Waals surface area contributed by atoms with Gasteiger partial charge in [-0.2, -0.15) is 0 Å². The van der Waals surface area contributed by atoms with Gasteiger partial charge >= 0.3 is 0 Å². The van der Waals surface area contributed by atoms with Crippen molar-refractivity contribution in [3.8, 4) is 0 Å². The first-order valence-electron chi connectivity index (χ1n) is 10.6. The zero-order valence-corrected chi connectivity index (χ0v) is 17.7. The summed E-state index contributed by atoms with van der Waals surface area (Å²) in [7, 11) is 0. The number of carbonyl (C=O) groups is 1. The largest absolute Gasteiger partial charge is 0.373 e. The van der Waals surface area contributed by atoms with E-state index in [-0.39, 0.29) is 17.9 Å². The van der Waals surface area contributed by atoms with Gasteiger partial charge in [0, 0.05) is 36.0 Å². The molecule has 1 aliphatic carbocycles. The fourth-order valence-electron chi connectivity index (χ4n) is 4.33. The van der Waals surface area contributed by atoms with E-state index in [2.05, 4.69) is 30.5 Å². The van der Waals surface area contributed by atoms with Crippen LogP contribution in [0.4, 0.5) is 15.9 Å². The van der Waals surface area contributed by atoms with Crippen LogP contribution < -0.4 is 15.5 Å². The maximum absolute atomic E-state index is 13.7. The van der Waals surface area contributed by atoms with Crippen molar-refractivity contribution >= 4 is 40.0 Å². The molecule has 0 radical (unpaired) electrons. The second-order valence-corrected chi connectivity index (χ2v) is 8.78. The number of fused-ring (bicyclic) bond motifs is 1. The Morgan fingerprint density at radius 1 is 1.26 bits per heavy atom. The first kappa shape index (κ1) is 20.1. The van der Waals surface area contributed by atoms with Gasteiger partial charge in [-0.05, 0) is 55.9 Å². The van der Waals surface area contributed by atoms with Crippen molar-refractivity contribution in [3.63, 3.8) is 0 Å². The van der Waals surface area contributed by atoms with E-state index in [4.69, 9.17) is 11.6 Å². The highest BCUT2D eigenvalue weighted by atomic mass is 35.5. The summed E-state index contributed by atoms with van der Waals surface area (Å²) < 4.78 is 13.7. The second-order valence-electron chi connectivity index (χ2n) is 8.35. The van der Waals surface area contributed by atoms with Crippen molar-refractivity contribution in [3.05, 3.63) is 47.6 Å². The van der Waals surface area contributed by atoms with Crippen LogP contribution in [0.15, 0.2) is 36.8 Å². The van der Waals surface area contributed by atoms with Gasteiger partial charge in [-0.3, -0.25) is 4.79 Å². The highest BCUT2D eigenvalue weighted by Crippen LogP contribution is 2.35. The molecule has 1 aromatic carbocycles. The second kappa shape index (κ2) is 8.34. The average molecular weight is 443 g/mol. The van der Waals surface area contributed by atoms with Crippen LogP contribution in [-0.4, -0.2) is 46.0 Å².